The number of aryl methyl sites for hydroxylation is 1. The third-order valence-corrected chi connectivity index (χ3v) is 2.29. The Morgan fingerprint density at radius 2 is 2.39 bits per heavy atom. The minimum absolute atomic E-state index is 0.0763. The van der Waals surface area contributed by atoms with E-state index in [0.29, 0.717) is 18.9 Å². The summed E-state index contributed by atoms with van der Waals surface area (Å²) < 4.78 is 6.94. The molecule has 2 rings (SSSR count). The fraction of sp³-hybridized carbons (Fsp3) is 0.273. The zero-order valence-corrected chi connectivity index (χ0v) is 9.78. The first kappa shape index (κ1) is 12.0. The van der Waals surface area contributed by atoms with Gasteiger partial charge in [0.15, 0.2) is 5.69 Å². The van der Waals surface area contributed by atoms with Gasteiger partial charge in [0.05, 0.1) is 18.4 Å². The molecule has 0 fully saturated rings. The van der Waals surface area contributed by atoms with Crippen LogP contribution in [0.5, 0.6) is 5.75 Å². The van der Waals surface area contributed by atoms with Crippen LogP contribution in [-0.2, 0) is 6.54 Å². The SMILES string of the molecule is Cc1ncccc1OCCn1cc(C(=O)O)nn1. The Morgan fingerprint density at radius 1 is 1.56 bits per heavy atom. The van der Waals surface area contributed by atoms with Gasteiger partial charge in [0.25, 0.3) is 0 Å². The van der Waals surface area contributed by atoms with Crippen molar-refractivity contribution in [1.29, 1.82) is 0 Å². The zero-order valence-electron chi connectivity index (χ0n) is 9.78. The van der Waals surface area contributed by atoms with Gasteiger partial charge >= 0.3 is 5.97 Å². The molecule has 0 amide bonds. The summed E-state index contributed by atoms with van der Waals surface area (Å²) in [6.45, 7) is 2.65. The number of aromatic carboxylic acids is 1. The first-order chi connectivity index (χ1) is 8.66. The highest BCUT2D eigenvalue weighted by molar-refractivity contribution is 5.84. The first-order valence-electron chi connectivity index (χ1n) is 5.34. The minimum Gasteiger partial charge on any atom is -0.490 e. The van der Waals surface area contributed by atoms with Crippen molar-refractivity contribution in [2.75, 3.05) is 6.61 Å². The molecule has 0 bridgehead atoms. The van der Waals surface area contributed by atoms with Gasteiger partial charge in [0, 0.05) is 6.20 Å². The Kier molecular flexibility index (Phi) is 3.52. The van der Waals surface area contributed by atoms with Crippen LogP contribution in [0.15, 0.2) is 24.5 Å². The van der Waals surface area contributed by atoms with E-state index >= 15 is 0 Å². The topological polar surface area (TPSA) is 90.1 Å². The Bertz CT molecular complexity index is 553. The molecular formula is C11H12N4O3. The maximum absolute atomic E-state index is 10.6. The number of carboxylic acid groups (broad SMARTS) is 1. The lowest BCUT2D eigenvalue weighted by molar-refractivity contribution is 0.0690. The summed E-state index contributed by atoms with van der Waals surface area (Å²) in [6.07, 6.45) is 3.06. The van der Waals surface area contributed by atoms with Gasteiger partial charge < -0.3 is 9.84 Å². The molecule has 0 aliphatic carbocycles. The molecule has 2 aromatic heterocycles. The molecule has 0 atom stereocenters. The van der Waals surface area contributed by atoms with E-state index in [0.717, 1.165) is 5.69 Å². The van der Waals surface area contributed by atoms with Crippen LogP contribution in [0.2, 0.25) is 0 Å². The lowest BCUT2D eigenvalue weighted by atomic mass is 10.3. The predicted octanol–water partition coefficient (Wildman–Crippen LogP) is 0.759. The predicted molar refractivity (Wildman–Crippen MR) is 61.5 cm³/mol. The first-order valence-corrected chi connectivity index (χ1v) is 5.34. The average Bonchev–Trinajstić information content (AvgIpc) is 2.80. The molecule has 0 spiro atoms. The van der Waals surface area contributed by atoms with Crippen molar-refractivity contribution < 1.29 is 14.6 Å². The van der Waals surface area contributed by atoms with Crippen LogP contribution in [0.3, 0.4) is 0 Å². The number of ether oxygens (including phenoxy) is 1. The van der Waals surface area contributed by atoms with Crippen molar-refractivity contribution in [2.45, 2.75) is 13.5 Å². The lowest BCUT2D eigenvalue weighted by Crippen LogP contribution is -2.09. The summed E-state index contributed by atoms with van der Waals surface area (Å²) in [5, 5.41) is 15.9. The van der Waals surface area contributed by atoms with Gasteiger partial charge in [0.2, 0.25) is 0 Å². The molecule has 94 valence electrons. The van der Waals surface area contributed by atoms with Crippen molar-refractivity contribution in [2.24, 2.45) is 0 Å². The van der Waals surface area contributed by atoms with Crippen LogP contribution in [0.4, 0.5) is 0 Å². The summed E-state index contributed by atoms with van der Waals surface area (Å²) >= 11 is 0. The summed E-state index contributed by atoms with van der Waals surface area (Å²) in [7, 11) is 0. The van der Waals surface area contributed by atoms with Crippen LogP contribution in [0, 0.1) is 6.92 Å². The highest BCUT2D eigenvalue weighted by Gasteiger charge is 2.08. The number of hydrogen-bond donors (Lipinski definition) is 1. The molecule has 0 aliphatic rings. The fourth-order valence-electron chi connectivity index (χ4n) is 1.38. The molecule has 18 heavy (non-hydrogen) atoms. The van der Waals surface area contributed by atoms with E-state index < -0.39 is 5.97 Å². The van der Waals surface area contributed by atoms with E-state index in [1.807, 2.05) is 13.0 Å². The number of rotatable bonds is 5. The Balaban J connectivity index is 1.88. The number of pyridine rings is 1. The molecule has 0 unspecified atom stereocenters. The molecule has 0 aromatic carbocycles. The molecule has 1 N–H and O–H groups in total. The second-order valence-corrected chi connectivity index (χ2v) is 3.61. The minimum atomic E-state index is -1.09. The number of aromatic nitrogens is 4. The van der Waals surface area contributed by atoms with Crippen LogP contribution < -0.4 is 4.74 Å². The van der Waals surface area contributed by atoms with Crippen LogP contribution >= 0.6 is 0 Å². The number of carboxylic acids is 1. The van der Waals surface area contributed by atoms with Gasteiger partial charge in [-0.15, -0.1) is 5.10 Å². The van der Waals surface area contributed by atoms with E-state index in [4.69, 9.17) is 9.84 Å². The monoisotopic (exact) mass is 248 g/mol. The van der Waals surface area contributed by atoms with Crippen LogP contribution in [-0.4, -0.2) is 37.7 Å². The Hall–Kier alpha value is -2.44. The molecule has 2 heterocycles. The van der Waals surface area contributed by atoms with E-state index in [9.17, 15) is 4.79 Å². The number of hydrogen-bond acceptors (Lipinski definition) is 5. The van der Waals surface area contributed by atoms with E-state index in [1.165, 1.54) is 10.9 Å². The van der Waals surface area contributed by atoms with Gasteiger partial charge in [-0.05, 0) is 19.1 Å². The van der Waals surface area contributed by atoms with Gasteiger partial charge in [-0.25, -0.2) is 9.48 Å². The van der Waals surface area contributed by atoms with E-state index in [1.54, 1.807) is 12.3 Å². The van der Waals surface area contributed by atoms with Gasteiger partial charge in [-0.1, -0.05) is 5.21 Å². The van der Waals surface area contributed by atoms with Crippen molar-refractivity contribution >= 4 is 5.97 Å². The van der Waals surface area contributed by atoms with Crippen LogP contribution in [0.1, 0.15) is 16.2 Å². The standard InChI is InChI=1S/C11H12N4O3/c1-8-10(3-2-4-12-8)18-6-5-15-7-9(11(16)17)13-14-15/h2-4,7H,5-6H2,1H3,(H,16,17). The molecule has 7 nitrogen and oxygen atoms in total. The molecule has 0 saturated carbocycles. The summed E-state index contributed by atoms with van der Waals surface area (Å²) in [6, 6.07) is 3.62. The highest BCUT2D eigenvalue weighted by atomic mass is 16.5. The average molecular weight is 248 g/mol. The number of nitrogens with zero attached hydrogens (tertiary/aromatic N) is 4. The highest BCUT2D eigenvalue weighted by Crippen LogP contribution is 2.13. The second-order valence-electron chi connectivity index (χ2n) is 3.61. The maximum atomic E-state index is 10.6. The lowest BCUT2D eigenvalue weighted by Gasteiger charge is -2.07. The van der Waals surface area contributed by atoms with E-state index in [2.05, 4.69) is 15.3 Å². The molecule has 0 saturated heterocycles. The van der Waals surface area contributed by atoms with Crippen molar-refractivity contribution in [3.8, 4) is 5.75 Å². The molecule has 0 radical (unpaired) electrons. The third-order valence-electron chi connectivity index (χ3n) is 2.29. The van der Waals surface area contributed by atoms with Gasteiger partial charge in [-0.3, -0.25) is 4.98 Å². The summed E-state index contributed by atoms with van der Waals surface area (Å²) in [5.41, 5.74) is 0.731. The second kappa shape index (κ2) is 5.26. The van der Waals surface area contributed by atoms with Gasteiger partial charge in [-0.2, -0.15) is 0 Å². The fourth-order valence-corrected chi connectivity index (χ4v) is 1.38. The van der Waals surface area contributed by atoms with Crippen molar-refractivity contribution in [3.63, 3.8) is 0 Å². The Morgan fingerprint density at radius 3 is 3.06 bits per heavy atom. The third kappa shape index (κ3) is 2.82. The number of carbonyl (C=O) groups is 1. The maximum Gasteiger partial charge on any atom is 0.358 e. The van der Waals surface area contributed by atoms with Crippen molar-refractivity contribution in [3.05, 3.63) is 35.9 Å². The zero-order chi connectivity index (χ0) is 13.0. The largest absolute Gasteiger partial charge is 0.490 e. The normalized spacial score (nSPS) is 10.3. The molecule has 0 aliphatic heterocycles. The molecular weight excluding hydrogens is 236 g/mol. The Labute approximate surface area is 103 Å². The smallest absolute Gasteiger partial charge is 0.358 e. The van der Waals surface area contributed by atoms with Crippen molar-refractivity contribution in [1.82, 2.24) is 20.0 Å². The van der Waals surface area contributed by atoms with E-state index in [-0.39, 0.29) is 5.69 Å². The molecule has 2 aromatic rings. The van der Waals surface area contributed by atoms with Gasteiger partial charge in [0.1, 0.15) is 12.4 Å². The summed E-state index contributed by atoms with van der Waals surface area (Å²) in [4.78, 5) is 14.7. The quantitative estimate of drug-likeness (QED) is 0.840. The molecule has 7 heteroatoms. The van der Waals surface area contributed by atoms with Crippen LogP contribution in [0.25, 0.3) is 0 Å². The summed E-state index contributed by atoms with van der Waals surface area (Å²) in [5.74, 6) is -0.388.